The van der Waals surface area contributed by atoms with Gasteiger partial charge in [0.05, 0.1) is 17.4 Å². The molecule has 1 unspecified atom stereocenters. The molecule has 0 saturated heterocycles. The minimum absolute atomic E-state index is 0.160. The van der Waals surface area contributed by atoms with Crippen molar-refractivity contribution < 1.29 is 9.90 Å². The van der Waals surface area contributed by atoms with Gasteiger partial charge in [-0.25, -0.2) is 14.4 Å². The zero-order chi connectivity index (χ0) is 22.1. The number of hydrogen-bond acceptors (Lipinski definition) is 5. The molecule has 4 rings (SSSR count). The third kappa shape index (κ3) is 3.77. The summed E-state index contributed by atoms with van der Waals surface area (Å²) in [5.74, 6) is -0.782. The first-order valence-electron chi connectivity index (χ1n) is 9.69. The van der Waals surface area contributed by atoms with Gasteiger partial charge in [-0.2, -0.15) is 5.10 Å². The van der Waals surface area contributed by atoms with Crippen molar-refractivity contribution in [2.45, 2.75) is 25.8 Å². The molecule has 2 heterocycles. The number of carbonyl (C=O) groups excluding carboxylic acids is 1. The normalized spacial score (nSPS) is 15.7. The van der Waals surface area contributed by atoms with E-state index in [0.29, 0.717) is 5.02 Å². The molecule has 3 aromatic rings. The fourth-order valence-corrected chi connectivity index (χ4v) is 3.81. The maximum absolute atomic E-state index is 12.6. The van der Waals surface area contributed by atoms with Gasteiger partial charge in [-0.15, -0.1) is 0 Å². The van der Waals surface area contributed by atoms with Crippen molar-refractivity contribution in [3.63, 3.8) is 0 Å². The Morgan fingerprint density at radius 1 is 1.19 bits per heavy atom. The van der Waals surface area contributed by atoms with Crippen molar-refractivity contribution in [3.8, 4) is 11.6 Å². The second-order valence-corrected chi connectivity index (χ2v) is 7.48. The molecule has 8 nitrogen and oxygen atoms in total. The Kier molecular flexibility index (Phi) is 5.48. The molecule has 31 heavy (non-hydrogen) atoms. The molecule has 0 saturated carbocycles. The fourth-order valence-electron chi connectivity index (χ4n) is 3.63. The molecule has 158 valence electrons. The number of aromatic nitrogens is 2. The first kappa shape index (κ1) is 20.6. The van der Waals surface area contributed by atoms with E-state index in [1.807, 2.05) is 30.3 Å². The van der Waals surface area contributed by atoms with Crippen LogP contribution in [0.3, 0.4) is 0 Å². The average molecular weight is 439 g/mol. The predicted octanol–water partition coefficient (Wildman–Crippen LogP) is 2.97. The van der Waals surface area contributed by atoms with Crippen LogP contribution >= 0.6 is 11.6 Å². The lowest BCUT2D eigenvalue weighted by Gasteiger charge is -2.21. The van der Waals surface area contributed by atoms with Crippen LogP contribution in [-0.2, 0) is 4.79 Å². The van der Waals surface area contributed by atoms with Crippen molar-refractivity contribution in [1.29, 1.82) is 0 Å². The number of nitrogens with one attached hydrogen (secondary N) is 1. The Bertz CT molecular complexity index is 1300. The second-order valence-electron chi connectivity index (χ2n) is 7.04. The second kappa shape index (κ2) is 8.23. The molecule has 2 N–H and O–H groups in total. The van der Waals surface area contributed by atoms with Crippen LogP contribution in [0.2, 0.25) is 5.02 Å². The Morgan fingerprint density at radius 3 is 2.61 bits per heavy atom. The van der Waals surface area contributed by atoms with Gasteiger partial charge in [0.2, 0.25) is 11.8 Å². The third-order valence-corrected chi connectivity index (χ3v) is 5.33. The summed E-state index contributed by atoms with van der Waals surface area (Å²) >= 11 is 6.02. The SMILES string of the molecule is CCC(=O)N1N=C(c2c(O)n(-c3cccc(Cl)c3)c(=O)[nH]c2=O)CC1c1ccccc1. The molecule has 0 fully saturated rings. The van der Waals surface area contributed by atoms with Gasteiger partial charge < -0.3 is 5.11 Å². The van der Waals surface area contributed by atoms with Crippen molar-refractivity contribution >= 4 is 23.2 Å². The van der Waals surface area contributed by atoms with Gasteiger partial charge in [0.25, 0.3) is 5.56 Å². The Morgan fingerprint density at radius 2 is 1.94 bits per heavy atom. The van der Waals surface area contributed by atoms with Crippen LogP contribution in [0.25, 0.3) is 5.69 Å². The standard InChI is InChI=1S/C22H19ClN4O4/c1-2-18(28)27-17(13-7-4-3-5-8-13)12-16(25-27)19-20(29)24-22(31)26(21(19)30)15-10-6-9-14(23)11-15/h3-11,17,30H,2,12H2,1H3,(H,24,29,31). The van der Waals surface area contributed by atoms with Crippen molar-refractivity contribution in [2.75, 3.05) is 0 Å². The number of carbonyl (C=O) groups is 1. The number of rotatable bonds is 4. The minimum atomic E-state index is -0.812. The van der Waals surface area contributed by atoms with Gasteiger partial charge in [0.15, 0.2) is 0 Å². The monoisotopic (exact) mass is 438 g/mol. The Labute approximate surface area is 182 Å². The smallest absolute Gasteiger partial charge is 0.335 e. The van der Waals surface area contributed by atoms with Crippen LogP contribution in [0, 0.1) is 0 Å². The van der Waals surface area contributed by atoms with Gasteiger partial charge >= 0.3 is 5.69 Å². The highest BCUT2D eigenvalue weighted by Gasteiger charge is 2.35. The summed E-state index contributed by atoms with van der Waals surface area (Å²) in [7, 11) is 0. The number of hydrogen-bond donors (Lipinski definition) is 2. The number of aromatic hydroxyl groups is 1. The molecular weight excluding hydrogens is 420 g/mol. The van der Waals surface area contributed by atoms with Crippen molar-refractivity contribution in [2.24, 2.45) is 5.10 Å². The number of benzene rings is 2. The number of amides is 1. The first-order chi connectivity index (χ1) is 14.9. The summed E-state index contributed by atoms with van der Waals surface area (Å²) < 4.78 is 0.951. The molecule has 1 aliphatic rings. The zero-order valence-corrected chi connectivity index (χ0v) is 17.3. The zero-order valence-electron chi connectivity index (χ0n) is 16.6. The van der Waals surface area contributed by atoms with Crippen molar-refractivity contribution in [3.05, 3.63) is 91.6 Å². The lowest BCUT2D eigenvalue weighted by atomic mass is 9.99. The predicted molar refractivity (Wildman–Crippen MR) is 117 cm³/mol. The maximum atomic E-state index is 12.6. The summed E-state index contributed by atoms with van der Waals surface area (Å²) in [5, 5.41) is 17.0. The topological polar surface area (TPSA) is 108 Å². The van der Waals surface area contributed by atoms with E-state index < -0.39 is 23.2 Å². The minimum Gasteiger partial charge on any atom is -0.493 e. The van der Waals surface area contributed by atoms with E-state index in [1.54, 1.807) is 25.1 Å². The van der Waals surface area contributed by atoms with E-state index in [9.17, 15) is 19.5 Å². The summed E-state index contributed by atoms with van der Waals surface area (Å²) in [6, 6.07) is 15.2. The summed E-state index contributed by atoms with van der Waals surface area (Å²) in [6.45, 7) is 1.72. The van der Waals surface area contributed by atoms with Gasteiger partial charge in [0, 0.05) is 17.9 Å². The highest BCUT2D eigenvalue weighted by atomic mass is 35.5. The van der Waals surface area contributed by atoms with Crippen molar-refractivity contribution in [1.82, 2.24) is 14.6 Å². The summed E-state index contributed by atoms with van der Waals surface area (Å²) in [4.78, 5) is 39.8. The van der Waals surface area contributed by atoms with E-state index in [0.717, 1.165) is 10.1 Å². The van der Waals surface area contributed by atoms with Crippen LogP contribution in [0.15, 0.2) is 69.3 Å². The quantitative estimate of drug-likeness (QED) is 0.652. The van der Waals surface area contributed by atoms with E-state index in [4.69, 9.17) is 11.6 Å². The molecular formula is C22H19ClN4O4. The van der Waals surface area contributed by atoms with Crippen LogP contribution in [0.5, 0.6) is 5.88 Å². The third-order valence-electron chi connectivity index (χ3n) is 5.09. The molecule has 0 radical (unpaired) electrons. The Balaban J connectivity index is 1.86. The van der Waals surface area contributed by atoms with Crippen LogP contribution in [0.4, 0.5) is 0 Å². The summed E-state index contributed by atoms with van der Waals surface area (Å²) in [6.07, 6.45) is 0.435. The van der Waals surface area contributed by atoms with Gasteiger partial charge in [-0.3, -0.25) is 14.6 Å². The molecule has 1 aliphatic heterocycles. The number of halogens is 1. The lowest BCUT2D eigenvalue weighted by Crippen LogP contribution is -2.33. The van der Waals surface area contributed by atoms with E-state index in [1.165, 1.54) is 11.1 Å². The number of hydrazone groups is 1. The molecule has 1 amide bonds. The van der Waals surface area contributed by atoms with Crippen LogP contribution in [-0.4, -0.2) is 31.3 Å². The van der Waals surface area contributed by atoms with Gasteiger partial charge in [0.1, 0.15) is 5.56 Å². The fraction of sp³-hybridized carbons (Fsp3) is 0.182. The molecule has 0 bridgehead atoms. The molecule has 2 aromatic carbocycles. The summed E-state index contributed by atoms with van der Waals surface area (Å²) in [5.41, 5.74) is -0.406. The lowest BCUT2D eigenvalue weighted by molar-refractivity contribution is -0.132. The number of nitrogens with zero attached hydrogens (tertiary/aromatic N) is 3. The van der Waals surface area contributed by atoms with Crippen LogP contribution < -0.4 is 11.2 Å². The average Bonchev–Trinajstić information content (AvgIpc) is 3.18. The molecule has 1 aromatic heterocycles. The molecule has 1 atom stereocenters. The van der Waals surface area contributed by atoms with E-state index in [2.05, 4.69) is 10.1 Å². The van der Waals surface area contributed by atoms with E-state index >= 15 is 0 Å². The first-order valence-corrected chi connectivity index (χ1v) is 10.1. The molecule has 9 heteroatoms. The van der Waals surface area contributed by atoms with Gasteiger partial charge in [-0.1, -0.05) is 54.9 Å². The molecule has 0 aliphatic carbocycles. The highest BCUT2D eigenvalue weighted by Crippen LogP contribution is 2.34. The van der Waals surface area contributed by atoms with Crippen LogP contribution in [0.1, 0.15) is 36.9 Å². The van der Waals surface area contributed by atoms with E-state index in [-0.39, 0.29) is 35.7 Å². The number of H-pyrrole nitrogens is 1. The largest absolute Gasteiger partial charge is 0.493 e. The maximum Gasteiger partial charge on any atom is 0.335 e. The molecule has 0 spiro atoms. The highest BCUT2D eigenvalue weighted by molar-refractivity contribution is 6.30. The Hall–Kier alpha value is -3.65. The number of aromatic amines is 1. The van der Waals surface area contributed by atoms with Gasteiger partial charge in [-0.05, 0) is 23.8 Å².